The molecule has 0 amide bonds. The van der Waals surface area contributed by atoms with Crippen molar-refractivity contribution in [3.63, 3.8) is 0 Å². The van der Waals surface area contributed by atoms with Gasteiger partial charge in [-0.2, -0.15) is 8.42 Å². The topological polar surface area (TPSA) is 99.1 Å². The minimum Gasteiger partial charge on any atom is -0.287 e. The Morgan fingerprint density at radius 2 is 1.76 bits per heavy atom. The summed E-state index contributed by atoms with van der Waals surface area (Å²) >= 11 is 0. The van der Waals surface area contributed by atoms with Crippen molar-refractivity contribution in [2.45, 2.75) is 33.6 Å². The highest BCUT2D eigenvalue weighted by Gasteiger charge is 2.25. The Labute approximate surface area is 126 Å². The highest BCUT2D eigenvalue weighted by Crippen LogP contribution is 2.49. The molecule has 0 heterocycles. The summed E-state index contributed by atoms with van der Waals surface area (Å²) < 4.78 is 57.5. The first-order valence-electron chi connectivity index (χ1n) is 6.67. The molecule has 0 aliphatic heterocycles. The van der Waals surface area contributed by atoms with E-state index in [9.17, 15) is 13.0 Å². The molecule has 9 heteroatoms. The maximum Gasteiger partial charge on any atom is 0.474 e. The van der Waals surface area contributed by atoms with Gasteiger partial charge in [0.05, 0.1) is 25.6 Å². The molecule has 0 rings (SSSR count). The maximum atomic E-state index is 12.0. The van der Waals surface area contributed by atoms with Crippen LogP contribution in [0.3, 0.4) is 0 Å². The number of phosphoric acid groups is 1. The van der Waals surface area contributed by atoms with Gasteiger partial charge in [-0.15, -0.1) is 5.92 Å². The zero-order valence-corrected chi connectivity index (χ0v) is 14.3. The van der Waals surface area contributed by atoms with Gasteiger partial charge in [0.1, 0.15) is 0 Å². The maximum absolute atomic E-state index is 12.0. The lowest BCUT2D eigenvalue weighted by Crippen LogP contribution is -2.14. The standard InChI is InChI=1S/C12H23O7PS/c1-4-8-12(11-21(14,15)16)9-7-10-19-20(13,17-5-2)18-6-3/h12H,5-7,9-11H2,1-3H3,(H,14,15,16). The number of hydrogen-bond donors (Lipinski definition) is 1. The van der Waals surface area contributed by atoms with E-state index in [4.69, 9.17) is 18.1 Å². The summed E-state index contributed by atoms with van der Waals surface area (Å²) in [5.41, 5.74) is 0. The van der Waals surface area contributed by atoms with Crippen LogP contribution in [-0.4, -0.2) is 38.5 Å². The Kier molecular flexibility index (Phi) is 10.1. The molecule has 0 radical (unpaired) electrons. The first-order valence-corrected chi connectivity index (χ1v) is 9.74. The molecule has 21 heavy (non-hydrogen) atoms. The summed E-state index contributed by atoms with van der Waals surface area (Å²) in [7, 11) is -7.62. The fraction of sp³-hybridized carbons (Fsp3) is 0.833. The third-order valence-electron chi connectivity index (χ3n) is 2.28. The van der Waals surface area contributed by atoms with Crippen LogP contribution in [0.1, 0.15) is 33.6 Å². The average molecular weight is 342 g/mol. The largest absolute Gasteiger partial charge is 0.474 e. The Balaban J connectivity index is 4.31. The van der Waals surface area contributed by atoms with Crippen LogP contribution in [0.2, 0.25) is 0 Å². The van der Waals surface area contributed by atoms with Crippen LogP contribution in [0, 0.1) is 17.8 Å². The average Bonchev–Trinajstić information content (AvgIpc) is 2.33. The Bertz CT molecular complexity index is 481. The third kappa shape index (κ3) is 10.9. The lowest BCUT2D eigenvalue weighted by Gasteiger charge is -2.16. The van der Waals surface area contributed by atoms with Crippen molar-refractivity contribution in [1.82, 2.24) is 0 Å². The van der Waals surface area contributed by atoms with Crippen LogP contribution in [0.15, 0.2) is 0 Å². The molecule has 0 aromatic carbocycles. The zero-order valence-electron chi connectivity index (χ0n) is 12.6. The predicted octanol–water partition coefficient (Wildman–Crippen LogP) is 2.49. The van der Waals surface area contributed by atoms with Crippen molar-refractivity contribution in [1.29, 1.82) is 0 Å². The minimum atomic E-state index is -4.08. The molecule has 0 saturated heterocycles. The second kappa shape index (κ2) is 10.3. The van der Waals surface area contributed by atoms with Gasteiger partial charge in [0, 0.05) is 5.92 Å². The molecule has 0 fully saturated rings. The van der Waals surface area contributed by atoms with Crippen molar-refractivity contribution >= 4 is 17.9 Å². The number of hydrogen-bond acceptors (Lipinski definition) is 6. The molecule has 124 valence electrons. The van der Waals surface area contributed by atoms with Crippen LogP contribution in [-0.2, 0) is 28.3 Å². The van der Waals surface area contributed by atoms with Gasteiger partial charge in [-0.05, 0) is 33.6 Å². The molecule has 0 aliphatic rings. The van der Waals surface area contributed by atoms with Gasteiger partial charge in [0.25, 0.3) is 10.1 Å². The first-order chi connectivity index (χ1) is 9.76. The summed E-state index contributed by atoms with van der Waals surface area (Å²) in [6, 6.07) is 0. The molecular weight excluding hydrogens is 319 g/mol. The van der Waals surface area contributed by atoms with E-state index >= 15 is 0 Å². The van der Waals surface area contributed by atoms with E-state index in [0.29, 0.717) is 12.8 Å². The van der Waals surface area contributed by atoms with Crippen LogP contribution in [0.4, 0.5) is 0 Å². The van der Waals surface area contributed by atoms with Gasteiger partial charge in [0.2, 0.25) is 0 Å². The molecule has 0 aromatic rings. The van der Waals surface area contributed by atoms with E-state index in [1.807, 2.05) is 0 Å². The van der Waals surface area contributed by atoms with Gasteiger partial charge in [0.15, 0.2) is 0 Å². The molecular formula is C12H23O7PS. The Morgan fingerprint density at radius 3 is 2.19 bits per heavy atom. The Morgan fingerprint density at radius 1 is 1.19 bits per heavy atom. The predicted molar refractivity (Wildman–Crippen MR) is 79.4 cm³/mol. The second-order valence-corrected chi connectivity index (χ2v) is 7.26. The Hall–Kier alpha value is -0.420. The summed E-state index contributed by atoms with van der Waals surface area (Å²) in [6.45, 7) is 5.42. The van der Waals surface area contributed by atoms with Crippen LogP contribution < -0.4 is 0 Å². The summed E-state index contributed by atoms with van der Waals surface area (Å²) in [5.74, 6) is 4.41. The van der Waals surface area contributed by atoms with Gasteiger partial charge >= 0.3 is 7.82 Å². The van der Waals surface area contributed by atoms with E-state index in [-0.39, 0.29) is 19.8 Å². The van der Waals surface area contributed by atoms with Gasteiger partial charge in [-0.3, -0.25) is 18.1 Å². The molecule has 1 unspecified atom stereocenters. The van der Waals surface area contributed by atoms with E-state index in [2.05, 4.69) is 11.8 Å². The molecule has 0 aromatic heterocycles. The summed E-state index contributed by atoms with van der Waals surface area (Å²) in [6.07, 6.45) is 0.803. The number of phosphoric ester groups is 1. The van der Waals surface area contributed by atoms with E-state index in [0.717, 1.165) is 0 Å². The normalized spacial score (nSPS) is 13.5. The van der Waals surface area contributed by atoms with E-state index < -0.39 is 29.6 Å². The highest BCUT2D eigenvalue weighted by atomic mass is 32.2. The fourth-order valence-corrected chi connectivity index (χ4v) is 3.56. The van der Waals surface area contributed by atoms with Gasteiger partial charge < -0.3 is 0 Å². The molecule has 0 spiro atoms. The molecule has 1 N–H and O–H groups in total. The van der Waals surface area contributed by atoms with E-state index in [1.54, 1.807) is 20.8 Å². The van der Waals surface area contributed by atoms with Crippen molar-refractivity contribution in [3.8, 4) is 11.8 Å². The lowest BCUT2D eigenvalue weighted by atomic mass is 10.1. The summed E-state index contributed by atoms with van der Waals surface area (Å²) in [5, 5.41) is 0. The quantitative estimate of drug-likeness (QED) is 0.266. The van der Waals surface area contributed by atoms with Crippen molar-refractivity contribution < 1.29 is 31.1 Å². The summed E-state index contributed by atoms with van der Waals surface area (Å²) in [4.78, 5) is 0. The van der Waals surface area contributed by atoms with Crippen molar-refractivity contribution in [2.75, 3.05) is 25.6 Å². The third-order valence-corrected chi connectivity index (χ3v) is 4.75. The molecule has 0 bridgehead atoms. The smallest absolute Gasteiger partial charge is 0.287 e. The molecule has 1 atom stereocenters. The molecule has 0 aliphatic carbocycles. The van der Waals surface area contributed by atoms with Crippen LogP contribution in [0.25, 0.3) is 0 Å². The van der Waals surface area contributed by atoms with E-state index in [1.165, 1.54) is 0 Å². The van der Waals surface area contributed by atoms with Crippen molar-refractivity contribution in [2.24, 2.45) is 5.92 Å². The zero-order chi connectivity index (χ0) is 16.4. The lowest BCUT2D eigenvalue weighted by molar-refractivity contribution is 0.119. The minimum absolute atomic E-state index is 0.0879. The monoisotopic (exact) mass is 342 g/mol. The first kappa shape index (κ1) is 20.6. The van der Waals surface area contributed by atoms with Crippen LogP contribution >= 0.6 is 7.82 Å². The van der Waals surface area contributed by atoms with Crippen LogP contribution in [0.5, 0.6) is 0 Å². The fourth-order valence-electron chi connectivity index (χ4n) is 1.59. The van der Waals surface area contributed by atoms with Gasteiger partial charge in [-0.1, -0.05) is 5.92 Å². The second-order valence-electron chi connectivity index (χ2n) is 4.10. The van der Waals surface area contributed by atoms with Crippen molar-refractivity contribution in [3.05, 3.63) is 0 Å². The molecule has 7 nitrogen and oxygen atoms in total. The van der Waals surface area contributed by atoms with Gasteiger partial charge in [-0.25, -0.2) is 4.57 Å². The molecule has 0 saturated carbocycles. The number of rotatable bonds is 11. The SMILES string of the molecule is CC#CC(CCCOP(=O)(OCC)OCC)CS(=O)(=O)O. The highest BCUT2D eigenvalue weighted by molar-refractivity contribution is 7.85.